The first-order valence-electron chi connectivity index (χ1n) is 7.88. The lowest BCUT2D eigenvalue weighted by Gasteiger charge is -2.31. The molecule has 1 saturated heterocycles. The zero-order valence-corrected chi connectivity index (χ0v) is 14.2. The molecule has 0 bridgehead atoms. The van der Waals surface area contributed by atoms with Crippen molar-refractivity contribution in [2.75, 3.05) is 31.3 Å². The van der Waals surface area contributed by atoms with E-state index in [4.69, 9.17) is 0 Å². The normalized spacial score (nSPS) is 18.1. The predicted octanol–water partition coefficient (Wildman–Crippen LogP) is 2.58. The van der Waals surface area contributed by atoms with Crippen molar-refractivity contribution in [3.8, 4) is 0 Å². The van der Waals surface area contributed by atoms with E-state index < -0.39 is 0 Å². The summed E-state index contributed by atoms with van der Waals surface area (Å²) in [5, 5.41) is 12.1. The highest BCUT2D eigenvalue weighted by molar-refractivity contribution is 7.99. The van der Waals surface area contributed by atoms with Crippen LogP contribution in [0, 0.1) is 5.92 Å². The lowest BCUT2D eigenvalue weighted by molar-refractivity contribution is -0.115. The molecule has 0 radical (unpaired) electrons. The Labute approximate surface area is 137 Å². The van der Waals surface area contributed by atoms with Crippen LogP contribution >= 0.6 is 11.8 Å². The van der Waals surface area contributed by atoms with Gasteiger partial charge in [-0.25, -0.2) is 0 Å². The van der Waals surface area contributed by atoms with Crippen molar-refractivity contribution in [2.24, 2.45) is 5.92 Å². The van der Waals surface area contributed by atoms with Gasteiger partial charge in [0.1, 0.15) is 0 Å². The van der Waals surface area contributed by atoms with Crippen LogP contribution in [0.25, 0.3) is 0 Å². The molecule has 0 saturated carbocycles. The van der Waals surface area contributed by atoms with Gasteiger partial charge in [-0.15, -0.1) is 0 Å². The van der Waals surface area contributed by atoms with Crippen molar-refractivity contribution in [1.29, 1.82) is 0 Å². The summed E-state index contributed by atoms with van der Waals surface area (Å²) in [6.07, 6.45) is 4.08. The molecule has 1 fully saturated rings. The van der Waals surface area contributed by atoms with E-state index in [0.29, 0.717) is 12.5 Å². The molecule has 1 aliphatic heterocycles. The second-order valence-electron chi connectivity index (χ2n) is 5.97. The van der Waals surface area contributed by atoms with Crippen LogP contribution in [0.1, 0.15) is 25.3 Å². The number of nitrogens with one attached hydrogen (secondary N) is 1. The van der Waals surface area contributed by atoms with Gasteiger partial charge < -0.3 is 10.4 Å². The number of aliphatic hydroxyl groups excluding tert-OH is 1. The fraction of sp³-hybridized carbons (Fsp3) is 0.588. The Balaban J connectivity index is 1.90. The minimum atomic E-state index is -0.0406. The van der Waals surface area contributed by atoms with Crippen LogP contribution in [0.3, 0.4) is 0 Å². The Kier molecular flexibility index (Phi) is 6.73. The molecule has 122 valence electrons. The third kappa shape index (κ3) is 5.00. The number of anilines is 1. The van der Waals surface area contributed by atoms with Crippen LogP contribution in [0.5, 0.6) is 0 Å². The van der Waals surface area contributed by atoms with Crippen molar-refractivity contribution in [2.45, 2.75) is 31.6 Å². The van der Waals surface area contributed by atoms with Gasteiger partial charge in [0.15, 0.2) is 0 Å². The summed E-state index contributed by atoms with van der Waals surface area (Å²) >= 11 is 1.55. The molecule has 1 aliphatic rings. The first-order chi connectivity index (χ1) is 10.6. The molecule has 1 aromatic carbocycles. The first-order valence-corrected chi connectivity index (χ1v) is 9.17. The van der Waals surface area contributed by atoms with Crippen LogP contribution in [0.4, 0.5) is 5.69 Å². The number of carbonyl (C=O) groups is 1. The molecular formula is C17H26N2O2S. The van der Waals surface area contributed by atoms with Crippen molar-refractivity contribution in [3.63, 3.8) is 0 Å². The first kappa shape index (κ1) is 17.3. The SMILES string of the molecule is CSC(C)C(=O)Nc1cccc(CN2CCC(CO)CC2)c1. The number of hydrogen-bond acceptors (Lipinski definition) is 4. The summed E-state index contributed by atoms with van der Waals surface area (Å²) in [4.78, 5) is 14.4. The number of hydrogen-bond donors (Lipinski definition) is 2. The van der Waals surface area contributed by atoms with Gasteiger partial charge in [0.25, 0.3) is 0 Å². The number of piperidine rings is 1. The van der Waals surface area contributed by atoms with Crippen molar-refractivity contribution >= 4 is 23.4 Å². The van der Waals surface area contributed by atoms with Gasteiger partial charge in [0, 0.05) is 18.8 Å². The van der Waals surface area contributed by atoms with Gasteiger partial charge >= 0.3 is 0 Å². The van der Waals surface area contributed by atoms with Crippen molar-refractivity contribution < 1.29 is 9.90 Å². The highest BCUT2D eigenvalue weighted by Crippen LogP contribution is 2.20. The summed E-state index contributed by atoms with van der Waals surface area (Å²) in [5.41, 5.74) is 2.09. The van der Waals surface area contributed by atoms with E-state index in [0.717, 1.165) is 38.2 Å². The topological polar surface area (TPSA) is 52.6 Å². The maximum atomic E-state index is 11.9. The number of rotatable bonds is 6. The molecule has 1 heterocycles. The molecule has 22 heavy (non-hydrogen) atoms. The number of likely N-dealkylation sites (tertiary alicyclic amines) is 1. The minimum absolute atomic E-state index is 0.0406. The zero-order valence-electron chi connectivity index (χ0n) is 13.4. The maximum absolute atomic E-state index is 11.9. The molecule has 2 rings (SSSR count). The van der Waals surface area contributed by atoms with Crippen LogP contribution in [0.15, 0.2) is 24.3 Å². The fourth-order valence-electron chi connectivity index (χ4n) is 2.68. The van der Waals surface area contributed by atoms with Crippen molar-refractivity contribution in [1.82, 2.24) is 4.90 Å². The molecule has 1 amide bonds. The minimum Gasteiger partial charge on any atom is -0.396 e. The van der Waals surface area contributed by atoms with Crippen LogP contribution in [0.2, 0.25) is 0 Å². The molecule has 2 N–H and O–H groups in total. The Bertz CT molecular complexity index is 487. The molecule has 1 atom stereocenters. The molecule has 0 aliphatic carbocycles. The summed E-state index contributed by atoms with van der Waals surface area (Å²) < 4.78 is 0. The Morgan fingerprint density at radius 1 is 1.45 bits per heavy atom. The number of aliphatic hydroxyl groups is 1. The van der Waals surface area contributed by atoms with Gasteiger partial charge in [-0.3, -0.25) is 9.69 Å². The maximum Gasteiger partial charge on any atom is 0.237 e. The quantitative estimate of drug-likeness (QED) is 0.845. The standard InChI is InChI=1S/C17H26N2O2S/c1-13(22-2)17(21)18-16-5-3-4-15(10-16)11-19-8-6-14(12-20)7-9-19/h3-5,10,13-14,20H,6-9,11-12H2,1-2H3,(H,18,21). The number of carbonyl (C=O) groups excluding carboxylic acids is 1. The lowest BCUT2D eigenvalue weighted by Crippen LogP contribution is -2.34. The van der Waals surface area contributed by atoms with E-state index in [-0.39, 0.29) is 11.2 Å². The third-order valence-electron chi connectivity index (χ3n) is 4.29. The summed E-state index contributed by atoms with van der Waals surface area (Å²) in [6, 6.07) is 8.09. The molecule has 1 aromatic rings. The third-order valence-corrected chi connectivity index (χ3v) is 5.21. The number of thioether (sulfide) groups is 1. The monoisotopic (exact) mass is 322 g/mol. The Morgan fingerprint density at radius 2 is 2.18 bits per heavy atom. The second kappa shape index (κ2) is 8.56. The average Bonchev–Trinajstić information content (AvgIpc) is 2.55. The van der Waals surface area contributed by atoms with E-state index in [1.54, 1.807) is 11.8 Å². The molecule has 1 unspecified atom stereocenters. The van der Waals surface area contributed by atoms with Gasteiger partial charge in [-0.05, 0) is 62.7 Å². The molecular weight excluding hydrogens is 296 g/mol. The van der Waals surface area contributed by atoms with E-state index >= 15 is 0 Å². The molecule has 5 heteroatoms. The van der Waals surface area contributed by atoms with Gasteiger partial charge in [0.2, 0.25) is 5.91 Å². The second-order valence-corrected chi connectivity index (χ2v) is 7.15. The Hall–Kier alpha value is -1.04. The summed E-state index contributed by atoms with van der Waals surface area (Å²) in [7, 11) is 0. The van der Waals surface area contributed by atoms with Crippen LogP contribution in [-0.4, -0.2) is 47.1 Å². The average molecular weight is 322 g/mol. The number of benzene rings is 1. The van der Waals surface area contributed by atoms with E-state index in [1.807, 2.05) is 25.3 Å². The van der Waals surface area contributed by atoms with Crippen LogP contribution < -0.4 is 5.32 Å². The fourth-order valence-corrected chi connectivity index (χ4v) is 2.96. The Morgan fingerprint density at radius 3 is 2.82 bits per heavy atom. The largest absolute Gasteiger partial charge is 0.396 e. The number of amides is 1. The molecule has 4 nitrogen and oxygen atoms in total. The van der Waals surface area contributed by atoms with Gasteiger partial charge in [-0.1, -0.05) is 12.1 Å². The summed E-state index contributed by atoms with van der Waals surface area (Å²) in [5.74, 6) is 0.517. The summed E-state index contributed by atoms with van der Waals surface area (Å²) in [6.45, 7) is 5.19. The van der Waals surface area contributed by atoms with Gasteiger partial charge in [-0.2, -0.15) is 11.8 Å². The predicted molar refractivity (Wildman–Crippen MR) is 93.1 cm³/mol. The smallest absolute Gasteiger partial charge is 0.237 e. The zero-order chi connectivity index (χ0) is 15.9. The highest BCUT2D eigenvalue weighted by Gasteiger charge is 2.18. The van der Waals surface area contributed by atoms with Crippen LogP contribution in [-0.2, 0) is 11.3 Å². The number of nitrogens with zero attached hydrogens (tertiary/aromatic N) is 1. The highest BCUT2D eigenvalue weighted by atomic mass is 32.2. The molecule has 0 spiro atoms. The van der Waals surface area contributed by atoms with E-state index in [9.17, 15) is 9.90 Å². The van der Waals surface area contributed by atoms with Gasteiger partial charge in [0.05, 0.1) is 5.25 Å². The van der Waals surface area contributed by atoms with Crippen molar-refractivity contribution in [3.05, 3.63) is 29.8 Å². The molecule has 0 aromatic heterocycles. The van der Waals surface area contributed by atoms with E-state index in [1.165, 1.54) is 5.56 Å². The van der Waals surface area contributed by atoms with E-state index in [2.05, 4.69) is 22.3 Å². The lowest BCUT2D eigenvalue weighted by atomic mass is 9.97.